The molecule has 0 unspecified atom stereocenters. The largest absolute Gasteiger partial charge is 0.308 e. The summed E-state index contributed by atoms with van der Waals surface area (Å²) < 4.78 is 28.9. The topological polar surface area (TPSA) is 73.8 Å². The summed E-state index contributed by atoms with van der Waals surface area (Å²) in [5, 5.41) is 1.18. The Hall–Kier alpha value is -2.98. The lowest BCUT2D eigenvalue weighted by Crippen LogP contribution is -2.36. The van der Waals surface area contributed by atoms with E-state index in [1.165, 1.54) is 27.8 Å². The van der Waals surface area contributed by atoms with E-state index in [1.54, 1.807) is 54.3 Å². The smallest absolute Gasteiger partial charge is 0.264 e. The van der Waals surface area contributed by atoms with Gasteiger partial charge < -0.3 is 4.90 Å². The van der Waals surface area contributed by atoms with Gasteiger partial charge in [-0.05, 0) is 75.6 Å². The van der Waals surface area contributed by atoms with Crippen LogP contribution in [0.5, 0.6) is 0 Å². The third-order valence-corrected chi connectivity index (χ3v) is 8.80. The minimum atomic E-state index is -3.78. The van der Waals surface area contributed by atoms with Crippen LogP contribution in [0, 0.1) is 0 Å². The molecule has 0 aliphatic heterocycles. The first-order chi connectivity index (χ1) is 17.2. The number of nitrogens with zero attached hydrogens (tertiary/aromatic N) is 4. The number of fused-ring (bicyclic) bond motifs is 1. The maximum Gasteiger partial charge on any atom is 0.264 e. The number of sulfonamides is 1. The van der Waals surface area contributed by atoms with Gasteiger partial charge in [-0.3, -0.25) is 14.0 Å². The van der Waals surface area contributed by atoms with E-state index in [2.05, 4.69) is 4.98 Å². The zero-order valence-electron chi connectivity index (χ0n) is 20.3. The third kappa shape index (κ3) is 5.54. The molecule has 7 nitrogen and oxygen atoms in total. The van der Waals surface area contributed by atoms with Crippen LogP contribution in [0.1, 0.15) is 17.3 Å². The van der Waals surface area contributed by atoms with Crippen LogP contribution in [0.4, 0.5) is 10.8 Å². The number of rotatable bonds is 9. The molecule has 0 spiro atoms. The second-order valence-electron chi connectivity index (χ2n) is 8.40. The summed E-state index contributed by atoms with van der Waals surface area (Å²) in [5.74, 6) is -0.249. The average molecular weight is 543 g/mol. The van der Waals surface area contributed by atoms with Crippen molar-refractivity contribution in [2.24, 2.45) is 0 Å². The van der Waals surface area contributed by atoms with Gasteiger partial charge in [-0.1, -0.05) is 41.1 Å². The van der Waals surface area contributed by atoms with E-state index in [4.69, 9.17) is 11.6 Å². The number of para-hydroxylation sites is 1. The maximum atomic E-state index is 13.6. The molecular formula is C26H27ClN4O3S2. The number of anilines is 2. The fourth-order valence-corrected chi connectivity index (χ4v) is 6.46. The van der Waals surface area contributed by atoms with Crippen molar-refractivity contribution in [3.05, 3.63) is 83.4 Å². The fourth-order valence-electron chi connectivity index (χ4n) is 3.72. The van der Waals surface area contributed by atoms with Gasteiger partial charge in [0.1, 0.15) is 0 Å². The van der Waals surface area contributed by atoms with Gasteiger partial charge >= 0.3 is 0 Å². The van der Waals surface area contributed by atoms with Gasteiger partial charge in [0.2, 0.25) is 0 Å². The highest BCUT2D eigenvalue weighted by atomic mass is 35.5. The zero-order chi connectivity index (χ0) is 25.9. The van der Waals surface area contributed by atoms with Crippen LogP contribution in [0.3, 0.4) is 0 Å². The molecule has 0 aliphatic carbocycles. The van der Waals surface area contributed by atoms with Crippen LogP contribution in [-0.4, -0.2) is 57.9 Å². The third-order valence-electron chi connectivity index (χ3n) is 5.61. The average Bonchev–Trinajstić information content (AvgIpc) is 3.27. The second kappa shape index (κ2) is 11.0. The Labute approximate surface area is 220 Å². The molecule has 0 saturated heterocycles. The van der Waals surface area contributed by atoms with Crippen LogP contribution in [0.15, 0.2) is 77.7 Å². The molecule has 1 aromatic heterocycles. The molecule has 188 valence electrons. The first-order valence-corrected chi connectivity index (χ1v) is 14.0. The lowest BCUT2D eigenvalue weighted by Gasteiger charge is -2.24. The van der Waals surface area contributed by atoms with Gasteiger partial charge in [0.25, 0.3) is 15.9 Å². The summed E-state index contributed by atoms with van der Waals surface area (Å²) in [7, 11) is 0.0913. The molecule has 0 bridgehead atoms. The van der Waals surface area contributed by atoms with Crippen LogP contribution < -0.4 is 9.21 Å². The Kier molecular flexibility index (Phi) is 7.94. The van der Waals surface area contributed by atoms with Gasteiger partial charge in [-0.2, -0.15) is 0 Å². The molecule has 1 heterocycles. The molecule has 4 rings (SSSR count). The molecule has 0 saturated carbocycles. The van der Waals surface area contributed by atoms with E-state index in [0.717, 1.165) is 10.2 Å². The van der Waals surface area contributed by atoms with Crippen molar-refractivity contribution in [1.29, 1.82) is 0 Å². The van der Waals surface area contributed by atoms with Crippen molar-refractivity contribution in [2.75, 3.05) is 42.9 Å². The van der Waals surface area contributed by atoms with Gasteiger partial charge in [0.15, 0.2) is 5.13 Å². The predicted molar refractivity (Wildman–Crippen MR) is 148 cm³/mol. The van der Waals surface area contributed by atoms with Gasteiger partial charge in [0.05, 0.1) is 20.8 Å². The van der Waals surface area contributed by atoms with Crippen LogP contribution in [-0.2, 0) is 10.0 Å². The molecule has 0 fully saturated rings. The number of hydrogen-bond donors (Lipinski definition) is 0. The molecule has 36 heavy (non-hydrogen) atoms. The minimum absolute atomic E-state index is 0.124. The molecule has 4 aromatic rings. The summed E-state index contributed by atoms with van der Waals surface area (Å²) >= 11 is 7.53. The summed E-state index contributed by atoms with van der Waals surface area (Å²) in [5.41, 5.74) is 1.74. The molecule has 0 radical (unpaired) electrons. The van der Waals surface area contributed by atoms with E-state index in [-0.39, 0.29) is 17.3 Å². The van der Waals surface area contributed by atoms with Crippen molar-refractivity contribution >= 4 is 59.9 Å². The molecule has 0 aliphatic rings. The Morgan fingerprint density at radius 3 is 2.31 bits per heavy atom. The number of hydrogen-bond acceptors (Lipinski definition) is 6. The van der Waals surface area contributed by atoms with Gasteiger partial charge in [0, 0.05) is 30.2 Å². The predicted octanol–water partition coefficient (Wildman–Crippen LogP) is 5.37. The Bertz CT molecular complexity index is 1460. The zero-order valence-corrected chi connectivity index (χ0v) is 22.6. The summed E-state index contributed by atoms with van der Waals surface area (Å²) in [6, 6.07) is 20.5. The number of halogens is 1. The molecule has 0 N–H and O–H groups in total. The summed E-state index contributed by atoms with van der Waals surface area (Å²) in [6.45, 7) is 3.14. The normalized spacial score (nSPS) is 11.7. The van der Waals surface area contributed by atoms with Crippen LogP contribution in [0.25, 0.3) is 10.2 Å². The summed E-state index contributed by atoms with van der Waals surface area (Å²) in [6.07, 6.45) is 0. The van der Waals surface area contributed by atoms with Crippen molar-refractivity contribution in [2.45, 2.75) is 11.8 Å². The van der Waals surface area contributed by atoms with Gasteiger partial charge in [-0.25, -0.2) is 13.4 Å². The SMILES string of the molecule is CCN(c1ccccc1)S(=O)(=O)c1ccc(C(=O)N(CCN(C)C)c2nc3ccc(Cl)cc3s2)cc1. The molecule has 1 amide bonds. The van der Waals surface area contributed by atoms with E-state index in [0.29, 0.717) is 34.5 Å². The van der Waals surface area contributed by atoms with E-state index in [1.807, 2.05) is 37.2 Å². The highest BCUT2D eigenvalue weighted by Crippen LogP contribution is 2.32. The Morgan fingerprint density at radius 1 is 0.972 bits per heavy atom. The number of amides is 1. The van der Waals surface area contributed by atoms with Gasteiger partial charge in [-0.15, -0.1) is 0 Å². The second-order valence-corrected chi connectivity index (χ2v) is 11.7. The number of aromatic nitrogens is 1. The van der Waals surface area contributed by atoms with Crippen LogP contribution in [0.2, 0.25) is 5.02 Å². The number of benzene rings is 3. The standard InChI is InChI=1S/C26H27ClN4O3S2/c1-4-31(21-8-6-5-7-9-21)36(33,34)22-13-10-19(11-14-22)25(32)30(17-16-29(2)3)26-28-23-15-12-20(27)18-24(23)35-26/h5-15,18H,4,16-17H2,1-3H3. The van der Waals surface area contributed by atoms with E-state index >= 15 is 0 Å². The number of thiazole rings is 1. The monoisotopic (exact) mass is 542 g/mol. The van der Waals surface area contributed by atoms with Crippen molar-refractivity contribution in [1.82, 2.24) is 9.88 Å². The molecule has 0 atom stereocenters. The minimum Gasteiger partial charge on any atom is -0.308 e. The first kappa shape index (κ1) is 26.1. The Morgan fingerprint density at radius 2 is 1.67 bits per heavy atom. The number of likely N-dealkylation sites (N-methyl/N-ethyl adjacent to an activating group) is 1. The molecule has 3 aromatic carbocycles. The van der Waals surface area contributed by atoms with Crippen molar-refractivity contribution in [3.63, 3.8) is 0 Å². The van der Waals surface area contributed by atoms with Crippen molar-refractivity contribution < 1.29 is 13.2 Å². The fraction of sp³-hybridized carbons (Fsp3) is 0.231. The van der Waals surface area contributed by atoms with E-state index in [9.17, 15) is 13.2 Å². The maximum absolute atomic E-state index is 13.6. The first-order valence-electron chi connectivity index (χ1n) is 11.4. The lowest BCUT2D eigenvalue weighted by atomic mass is 10.2. The molecule has 10 heteroatoms. The van der Waals surface area contributed by atoms with E-state index < -0.39 is 10.0 Å². The number of carbonyl (C=O) groups excluding carboxylic acids is 1. The van der Waals surface area contributed by atoms with Crippen molar-refractivity contribution in [3.8, 4) is 0 Å². The highest BCUT2D eigenvalue weighted by Gasteiger charge is 2.25. The molecular weight excluding hydrogens is 516 g/mol. The summed E-state index contributed by atoms with van der Waals surface area (Å²) in [4.78, 5) is 22.0. The quantitative estimate of drug-likeness (QED) is 0.284. The van der Waals surface area contributed by atoms with Crippen LogP contribution >= 0.6 is 22.9 Å². The Balaban J connectivity index is 1.64. The number of carbonyl (C=O) groups is 1. The lowest BCUT2D eigenvalue weighted by molar-refractivity contribution is 0.0985. The highest BCUT2D eigenvalue weighted by molar-refractivity contribution is 7.92.